The summed E-state index contributed by atoms with van der Waals surface area (Å²) in [6.07, 6.45) is 1.53. The van der Waals surface area contributed by atoms with Crippen LogP contribution in [-0.4, -0.2) is 55.5 Å². The van der Waals surface area contributed by atoms with Crippen molar-refractivity contribution in [1.29, 1.82) is 0 Å². The third-order valence-corrected chi connectivity index (χ3v) is 5.68. The first-order valence-electron chi connectivity index (χ1n) is 10.4. The van der Waals surface area contributed by atoms with Gasteiger partial charge in [-0.15, -0.1) is 0 Å². The second kappa shape index (κ2) is 10.4. The highest BCUT2D eigenvalue weighted by atomic mass is 16.1. The zero-order valence-electron chi connectivity index (χ0n) is 17.2. The quantitative estimate of drug-likeness (QED) is 0.711. The fraction of sp³-hybridized carbons (Fsp3) is 0.458. The van der Waals surface area contributed by atoms with Gasteiger partial charge in [-0.3, -0.25) is 9.69 Å². The molecule has 1 saturated heterocycles. The molecule has 1 aliphatic heterocycles. The predicted octanol–water partition coefficient (Wildman–Crippen LogP) is 3.68. The Bertz CT molecular complexity index is 719. The smallest absolute Gasteiger partial charge is 0.220 e. The Morgan fingerprint density at radius 3 is 2.46 bits per heavy atom. The molecular weight excluding hydrogens is 346 g/mol. The van der Waals surface area contributed by atoms with E-state index in [-0.39, 0.29) is 11.8 Å². The summed E-state index contributed by atoms with van der Waals surface area (Å²) in [6, 6.07) is 21.5. The molecule has 1 aliphatic rings. The molecule has 1 heterocycles. The topological polar surface area (TPSA) is 35.6 Å². The van der Waals surface area contributed by atoms with Crippen LogP contribution >= 0.6 is 0 Å². The van der Waals surface area contributed by atoms with Crippen LogP contribution in [-0.2, 0) is 4.79 Å². The first-order chi connectivity index (χ1) is 13.6. The summed E-state index contributed by atoms with van der Waals surface area (Å²) in [5.74, 6) is 0.399. The van der Waals surface area contributed by atoms with E-state index in [0.29, 0.717) is 12.5 Å². The molecule has 0 aromatic heterocycles. The molecule has 3 rings (SSSR count). The molecule has 1 N–H and O–H groups in total. The van der Waals surface area contributed by atoms with Crippen LogP contribution in [0.5, 0.6) is 0 Å². The van der Waals surface area contributed by atoms with Gasteiger partial charge in [-0.1, -0.05) is 67.6 Å². The third kappa shape index (κ3) is 5.91. The van der Waals surface area contributed by atoms with E-state index in [2.05, 4.69) is 71.6 Å². The summed E-state index contributed by atoms with van der Waals surface area (Å²) in [4.78, 5) is 17.2. The fourth-order valence-electron chi connectivity index (χ4n) is 3.98. The molecule has 2 aromatic rings. The number of hydrogen-bond acceptors (Lipinski definition) is 3. The molecule has 0 unspecified atom stereocenters. The number of amides is 1. The number of nitrogens with zero attached hydrogens (tertiary/aromatic N) is 2. The van der Waals surface area contributed by atoms with Crippen molar-refractivity contribution in [3.63, 3.8) is 0 Å². The summed E-state index contributed by atoms with van der Waals surface area (Å²) >= 11 is 0. The highest BCUT2D eigenvalue weighted by molar-refractivity contribution is 5.76. The van der Waals surface area contributed by atoms with Crippen molar-refractivity contribution in [2.75, 3.05) is 39.8 Å². The minimum atomic E-state index is 0.148. The van der Waals surface area contributed by atoms with E-state index < -0.39 is 0 Å². The molecule has 0 spiro atoms. The van der Waals surface area contributed by atoms with E-state index >= 15 is 0 Å². The summed E-state index contributed by atoms with van der Waals surface area (Å²) in [5, 5.41) is 3.11. The standard InChI is InChI=1S/C24H33N3O/c1-20(21-10-5-3-6-11-21)18-24(28)25-14-9-15-27-17-16-26(2)19-23(27)22-12-7-4-8-13-22/h3-8,10-13,20,23H,9,14-19H2,1-2H3,(H,25,28)/t20-,23-/m0/s1. The van der Waals surface area contributed by atoms with E-state index in [4.69, 9.17) is 0 Å². The Labute approximate surface area is 169 Å². The number of carbonyl (C=O) groups is 1. The van der Waals surface area contributed by atoms with Crippen LogP contribution in [0, 0.1) is 0 Å². The lowest BCUT2D eigenvalue weighted by Gasteiger charge is -2.40. The van der Waals surface area contributed by atoms with Crippen LogP contribution in [0.2, 0.25) is 0 Å². The van der Waals surface area contributed by atoms with Crippen LogP contribution in [0.3, 0.4) is 0 Å². The average molecular weight is 380 g/mol. The van der Waals surface area contributed by atoms with Crippen LogP contribution < -0.4 is 5.32 Å². The van der Waals surface area contributed by atoms with Crippen molar-refractivity contribution >= 4 is 5.91 Å². The molecule has 1 amide bonds. The van der Waals surface area contributed by atoms with Crippen molar-refractivity contribution in [3.8, 4) is 0 Å². The molecule has 2 aromatic carbocycles. The molecule has 1 fully saturated rings. The summed E-state index contributed by atoms with van der Waals surface area (Å²) in [5.41, 5.74) is 2.61. The second-order valence-corrected chi connectivity index (χ2v) is 7.94. The molecule has 0 aliphatic carbocycles. The van der Waals surface area contributed by atoms with Gasteiger partial charge in [0.1, 0.15) is 0 Å². The lowest BCUT2D eigenvalue weighted by Crippen LogP contribution is -2.47. The Balaban J connectivity index is 1.43. The van der Waals surface area contributed by atoms with Crippen molar-refractivity contribution in [3.05, 3.63) is 71.8 Å². The second-order valence-electron chi connectivity index (χ2n) is 7.94. The van der Waals surface area contributed by atoms with Crippen LogP contribution in [0.1, 0.15) is 42.9 Å². The monoisotopic (exact) mass is 379 g/mol. The van der Waals surface area contributed by atoms with Crippen molar-refractivity contribution in [2.45, 2.75) is 31.7 Å². The largest absolute Gasteiger partial charge is 0.356 e. The Morgan fingerprint density at radius 1 is 1.07 bits per heavy atom. The number of benzene rings is 2. The van der Waals surface area contributed by atoms with Crippen LogP contribution in [0.25, 0.3) is 0 Å². The first-order valence-corrected chi connectivity index (χ1v) is 10.4. The Morgan fingerprint density at radius 2 is 1.75 bits per heavy atom. The van der Waals surface area contributed by atoms with Crippen molar-refractivity contribution in [2.24, 2.45) is 0 Å². The molecule has 2 atom stereocenters. The van der Waals surface area contributed by atoms with Gasteiger partial charge in [0.05, 0.1) is 0 Å². The zero-order chi connectivity index (χ0) is 19.8. The summed E-state index contributed by atoms with van der Waals surface area (Å²) in [6.45, 7) is 7.12. The van der Waals surface area contributed by atoms with Gasteiger partial charge in [0.15, 0.2) is 0 Å². The molecule has 28 heavy (non-hydrogen) atoms. The molecule has 0 radical (unpaired) electrons. The summed E-state index contributed by atoms with van der Waals surface area (Å²) < 4.78 is 0. The SMILES string of the molecule is C[C@@H](CC(=O)NCCCN1CCN(C)C[C@H]1c1ccccc1)c1ccccc1. The lowest BCUT2D eigenvalue weighted by molar-refractivity contribution is -0.121. The maximum atomic E-state index is 12.3. The van der Waals surface area contributed by atoms with E-state index in [1.807, 2.05) is 18.2 Å². The van der Waals surface area contributed by atoms with E-state index in [1.54, 1.807) is 0 Å². The fourth-order valence-corrected chi connectivity index (χ4v) is 3.98. The van der Waals surface area contributed by atoms with Gasteiger partial charge in [0.2, 0.25) is 5.91 Å². The zero-order valence-corrected chi connectivity index (χ0v) is 17.2. The maximum Gasteiger partial charge on any atom is 0.220 e. The van der Waals surface area contributed by atoms with Gasteiger partial charge < -0.3 is 10.2 Å². The van der Waals surface area contributed by atoms with E-state index in [0.717, 1.165) is 39.1 Å². The van der Waals surface area contributed by atoms with Gasteiger partial charge in [-0.25, -0.2) is 0 Å². The molecule has 4 nitrogen and oxygen atoms in total. The van der Waals surface area contributed by atoms with Crippen molar-refractivity contribution in [1.82, 2.24) is 15.1 Å². The first kappa shape index (κ1) is 20.6. The van der Waals surface area contributed by atoms with Gasteiger partial charge in [-0.05, 0) is 30.5 Å². The van der Waals surface area contributed by atoms with E-state index in [1.165, 1.54) is 11.1 Å². The van der Waals surface area contributed by atoms with Crippen LogP contribution in [0.4, 0.5) is 0 Å². The van der Waals surface area contributed by atoms with Gasteiger partial charge in [-0.2, -0.15) is 0 Å². The third-order valence-electron chi connectivity index (χ3n) is 5.68. The Kier molecular flexibility index (Phi) is 7.63. The molecule has 150 valence electrons. The maximum absolute atomic E-state index is 12.3. The minimum absolute atomic E-state index is 0.148. The van der Waals surface area contributed by atoms with Gasteiger partial charge in [0.25, 0.3) is 0 Å². The molecule has 0 saturated carbocycles. The lowest BCUT2D eigenvalue weighted by atomic mass is 9.97. The number of hydrogen-bond donors (Lipinski definition) is 1. The average Bonchev–Trinajstić information content (AvgIpc) is 2.73. The highest BCUT2D eigenvalue weighted by Crippen LogP contribution is 2.24. The number of rotatable bonds is 8. The Hall–Kier alpha value is -2.17. The van der Waals surface area contributed by atoms with Crippen LogP contribution in [0.15, 0.2) is 60.7 Å². The van der Waals surface area contributed by atoms with Gasteiger partial charge >= 0.3 is 0 Å². The minimum Gasteiger partial charge on any atom is -0.356 e. The number of piperazine rings is 1. The van der Waals surface area contributed by atoms with Gasteiger partial charge in [0, 0.05) is 45.2 Å². The highest BCUT2D eigenvalue weighted by Gasteiger charge is 2.25. The number of carbonyl (C=O) groups excluding carboxylic acids is 1. The molecular formula is C24H33N3O. The summed E-state index contributed by atoms with van der Waals surface area (Å²) in [7, 11) is 2.20. The predicted molar refractivity (Wildman–Crippen MR) is 115 cm³/mol. The number of likely N-dealkylation sites (N-methyl/N-ethyl adjacent to an activating group) is 1. The molecule has 0 bridgehead atoms. The van der Waals surface area contributed by atoms with Crippen molar-refractivity contribution < 1.29 is 4.79 Å². The number of nitrogens with one attached hydrogen (secondary N) is 1. The molecule has 4 heteroatoms. The van der Waals surface area contributed by atoms with E-state index in [9.17, 15) is 4.79 Å². The normalized spacial score (nSPS) is 19.3.